The number of pyridine rings is 1. The molecule has 2 heterocycles. The van der Waals surface area contributed by atoms with Gasteiger partial charge in [0.2, 0.25) is 5.78 Å². The first-order chi connectivity index (χ1) is 14.5. The van der Waals surface area contributed by atoms with Crippen molar-refractivity contribution < 1.29 is 9.36 Å². The first-order valence-corrected chi connectivity index (χ1v) is 11.6. The third-order valence-electron chi connectivity index (χ3n) is 4.62. The number of anilines is 1. The summed E-state index contributed by atoms with van der Waals surface area (Å²) in [7, 11) is 0. The van der Waals surface area contributed by atoms with Crippen LogP contribution in [0.5, 0.6) is 0 Å². The van der Waals surface area contributed by atoms with Crippen LogP contribution in [0.4, 0.5) is 5.69 Å². The molecule has 0 saturated heterocycles. The van der Waals surface area contributed by atoms with Gasteiger partial charge in [0, 0.05) is 28.0 Å². The molecular formula is C24H20ClN2OS2+. The Bertz CT molecular complexity index is 1190. The molecule has 0 aliphatic rings. The fraction of sp³-hybridized carbons (Fsp3) is 0.0833. The van der Waals surface area contributed by atoms with Gasteiger partial charge >= 0.3 is 0 Å². The van der Waals surface area contributed by atoms with E-state index in [0.29, 0.717) is 16.1 Å². The molecule has 0 aliphatic carbocycles. The zero-order valence-corrected chi connectivity index (χ0v) is 18.7. The van der Waals surface area contributed by atoms with Gasteiger partial charge in [0.25, 0.3) is 5.69 Å². The van der Waals surface area contributed by atoms with E-state index in [4.69, 9.17) is 17.3 Å². The number of nitrogen functional groups attached to an aromatic ring is 1. The van der Waals surface area contributed by atoms with Gasteiger partial charge in [-0.05, 0) is 30.7 Å². The van der Waals surface area contributed by atoms with Gasteiger partial charge in [-0.1, -0.05) is 54.1 Å². The highest BCUT2D eigenvalue weighted by Crippen LogP contribution is 2.40. The van der Waals surface area contributed by atoms with Crippen LogP contribution in [0.3, 0.4) is 0 Å². The van der Waals surface area contributed by atoms with E-state index >= 15 is 0 Å². The van der Waals surface area contributed by atoms with Crippen LogP contribution < -0.4 is 10.3 Å². The van der Waals surface area contributed by atoms with Crippen molar-refractivity contribution in [2.75, 3.05) is 5.73 Å². The molecular weight excluding hydrogens is 432 g/mol. The quantitative estimate of drug-likeness (QED) is 0.219. The molecule has 0 unspecified atom stereocenters. The number of carbonyl (C=O) groups excluding carboxylic acids is 1. The van der Waals surface area contributed by atoms with E-state index < -0.39 is 0 Å². The summed E-state index contributed by atoms with van der Waals surface area (Å²) in [5.74, 6) is 0.709. The molecule has 30 heavy (non-hydrogen) atoms. The van der Waals surface area contributed by atoms with Crippen LogP contribution in [0.2, 0.25) is 5.02 Å². The third kappa shape index (κ3) is 4.43. The van der Waals surface area contributed by atoms with Gasteiger partial charge in [-0.25, -0.2) is 0 Å². The van der Waals surface area contributed by atoms with E-state index in [9.17, 15) is 4.79 Å². The summed E-state index contributed by atoms with van der Waals surface area (Å²) in [5.41, 5.74) is 10.8. The molecule has 0 amide bonds. The molecule has 4 aromatic rings. The van der Waals surface area contributed by atoms with Crippen LogP contribution in [0.15, 0.2) is 83.3 Å². The average Bonchev–Trinajstić information content (AvgIpc) is 3.09. The third-order valence-corrected chi connectivity index (χ3v) is 7.40. The molecule has 2 aromatic heterocycles. The van der Waals surface area contributed by atoms with Gasteiger partial charge in [0.05, 0.1) is 0 Å². The zero-order valence-electron chi connectivity index (χ0n) is 16.3. The molecule has 6 heteroatoms. The molecule has 0 spiro atoms. The molecule has 2 N–H and O–H groups in total. The summed E-state index contributed by atoms with van der Waals surface area (Å²) in [5, 5.41) is 0.718. The number of hydrogen-bond acceptors (Lipinski definition) is 4. The molecule has 0 fully saturated rings. The Balaban J connectivity index is 1.75. The number of aromatic nitrogens is 1. The van der Waals surface area contributed by atoms with Crippen LogP contribution in [0, 0.1) is 6.92 Å². The number of ketones is 1. The lowest BCUT2D eigenvalue weighted by atomic mass is 10.1. The molecule has 150 valence electrons. The fourth-order valence-electron chi connectivity index (χ4n) is 3.11. The minimum Gasteiger partial charge on any atom is -0.392 e. The lowest BCUT2D eigenvalue weighted by molar-refractivity contribution is -0.597. The zero-order chi connectivity index (χ0) is 21.1. The topological polar surface area (TPSA) is 47.0 Å². The van der Waals surface area contributed by atoms with Gasteiger partial charge in [-0.2, -0.15) is 4.57 Å². The Morgan fingerprint density at radius 1 is 1.07 bits per heavy atom. The smallest absolute Gasteiger partial charge is 0.259 e. The molecule has 0 bridgehead atoms. The minimum absolute atomic E-state index is 0.0501. The first kappa shape index (κ1) is 20.7. The summed E-state index contributed by atoms with van der Waals surface area (Å²) < 4.78 is 3.02. The van der Waals surface area contributed by atoms with Gasteiger partial charge in [0.15, 0.2) is 12.4 Å². The molecule has 2 aromatic carbocycles. The Morgan fingerprint density at radius 2 is 1.80 bits per heavy atom. The molecule has 3 nitrogen and oxygen atoms in total. The Kier molecular flexibility index (Phi) is 6.23. The van der Waals surface area contributed by atoms with E-state index in [1.54, 1.807) is 11.8 Å². The van der Waals surface area contributed by atoms with Crippen LogP contribution in [0.1, 0.15) is 26.4 Å². The summed E-state index contributed by atoms with van der Waals surface area (Å²) in [6, 6.07) is 21.1. The van der Waals surface area contributed by atoms with E-state index in [-0.39, 0.29) is 5.78 Å². The first-order valence-electron chi connectivity index (χ1n) is 9.40. The average molecular weight is 452 g/mol. The lowest BCUT2D eigenvalue weighted by Crippen LogP contribution is -2.31. The van der Waals surface area contributed by atoms with Crippen molar-refractivity contribution in [3.8, 4) is 5.69 Å². The van der Waals surface area contributed by atoms with Gasteiger partial charge < -0.3 is 5.73 Å². The summed E-state index contributed by atoms with van der Waals surface area (Å²) in [6.45, 7) is 2.04. The van der Waals surface area contributed by atoms with Crippen LogP contribution >= 0.6 is 34.7 Å². The van der Waals surface area contributed by atoms with Crippen LogP contribution in [0.25, 0.3) is 5.69 Å². The van der Waals surface area contributed by atoms with Crippen LogP contribution in [-0.4, -0.2) is 5.78 Å². The van der Waals surface area contributed by atoms with Crippen molar-refractivity contribution in [2.24, 2.45) is 0 Å². The van der Waals surface area contributed by atoms with Gasteiger partial charge in [0.1, 0.15) is 14.8 Å². The van der Waals surface area contributed by atoms with E-state index in [0.717, 1.165) is 31.8 Å². The van der Waals surface area contributed by atoms with Crippen molar-refractivity contribution in [1.29, 1.82) is 0 Å². The Labute approximate surface area is 189 Å². The molecule has 0 radical (unpaired) electrons. The SMILES string of the molecule is Cc1ccc[n+](-c2c(SCc3ccc(Cl)cc3)sc(C(=O)c3ccccc3)c2N)c1. The summed E-state index contributed by atoms with van der Waals surface area (Å²) >= 11 is 9.13. The van der Waals surface area contributed by atoms with Crippen molar-refractivity contribution >= 4 is 46.2 Å². The normalized spacial score (nSPS) is 10.9. The highest BCUT2D eigenvalue weighted by atomic mass is 35.5. The minimum atomic E-state index is -0.0501. The number of nitrogens with two attached hydrogens (primary N) is 1. The number of hydrogen-bond donors (Lipinski definition) is 1. The van der Waals surface area contributed by atoms with Gasteiger partial charge in [-0.3, -0.25) is 4.79 Å². The standard InChI is InChI=1S/C24H19ClN2OS2/c1-16-6-5-13-27(14-16)21-20(26)23(22(28)18-7-3-2-4-8-18)30-24(21)29-15-17-9-11-19(25)12-10-17/h2-14H,15H2,1H3,(H-,26,28)/p+1. The molecule has 0 atom stereocenters. The maximum Gasteiger partial charge on any atom is 0.259 e. The number of benzene rings is 2. The number of thiophene rings is 1. The molecule has 0 aliphatic heterocycles. The highest BCUT2D eigenvalue weighted by Gasteiger charge is 2.28. The van der Waals surface area contributed by atoms with Gasteiger partial charge in [-0.15, -0.1) is 23.1 Å². The molecule has 0 saturated carbocycles. The largest absolute Gasteiger partial charge is 0.392 e. The second-order valence-electron chi connectivity index (χ2n) is 6.88. The van der Waals surface area contributed by atoms with E-state index in [1.165, 1.54) is 11.3 Å². The summed E-state index contributed by atoms with van der Waals surface area (Å²) in [4.78, 5) is 13.7. The van der Waals surface area contributed by atoms with E-state index in [2.05, 4.69) is 0 Å². The summed E-state index contributed by atoms with van der Waals surface area (Å²) in [6.07, 6.45) is 4.00. The predicted octanol–water partition coefficient (Wildman–Crippen LogP) is 6.09. The Morgan fingerprint density at radius 3 is 2.50 bits per heavy atom. The molecule has 4 rings (SSSR count). The van der Waals surface area contributed by atoms with Crippen molar-refractivity contribution in [2.45, 2.75) is 16.9 Å². The monoisotopic (exact) mass is 451 g/mol. The number of nitrogens with zero attached hydrogens (tertiary/aromatic N) is 1. The number of aryl methyl sites for hydroxylation is 1. The second-order valence-corrected chi connectivity index (χ2v) is 9.58. The lowest BCUT2D eigenvalue weighted by Gasteiger charge is -2.02. The van der Waals surface area contributed by atoms with Crippen molar-refractivity contribution in [3.63, 3.8) is 0 Å². The van der Waals surface area contributed by atoms with E-state index in [1.807, 2.05) is 90.6 Å². The fourth-order valence-corrected chi connectivity index (χ4v) is 5.65. The number of rotatable bonds is 6. The van der Waals surface area contributed by atoms with Crippen molar-refractivity contribution in [1.82, 2.24) is 0 Å². The van der Waals surface area contributed by atoms with Crippen LogP contribution in [-0.2, 0) is 5.75 Å². The maximum atomic E-state index is 13.1. The Hall–Kier alpha value is -2.60. The maximum absolute atomic E-state index is 13.1. The highest BCUT2D eigenvalue weighted by molar-refractivity contribution is 8.00. The predicted molar refractivity (Wildman–Crippen MR) is 126 cm³/mol. The number of halogens is 1. The number of thioether (sulfide) groups is 1. The number of carbonyl (C=O) groups is 1. The second kappa shape index (κ2) is 9.04. The van der Waals surface area contributed by atoms with Crippen molar-refractivity contribution in [3.05, 3.63) is 106 Å².